The van der Waals surface area contributed by atoms with Crippen molar-refractivity contribution in [2.24, 2.45) is 5.92 Å². The Kier molecular flexibility index (Phi) is 4.44. The molecule has 0 aromatic heterocycles. The Bertz CT molecular complexity index is 408. The van der Waals surface area contributed by atoms with Crippen LogP contribution in [0.25, 0.3) is 0 Å². The van der Waals surface area contributed by atoms with Gasteiger partial charge in [0.25, 0.3) is 0 Å². The average Bonchev–Trinajstić information content (AvgIpc) is 2.86. The topological polar surface area (TPSA) is 52.6 Å². The van der Waals surface area contributed by atoms with Crippen molar-refractivity contribution in [3.05, 3.63) is 34.9 Å². The van der Waals surface area contributed by atoms with Crippen LogP contribution in [0.3, 0.4) is 0 Å². The Hall–Kier alpha value is -1.26. The van der Waals surface area contributed by atoms with Crippen molar-refractivity contribution >= 4 is 17.6 Å². The van der Waals surface area contributed by atoms with E-state index >= 15 is 0 Å². The van der Waals surface area contributed by atoms with E-state index in [9.17, 15) is 4.79 Å². The summed E-state index contributed by atoms with van der Waals surface area (Å²) >= 11 is 5.79. The van der Waals surface area contributed by atoms with E-state index in [1.165, 1.54) is 0 Å². The van der Waals surface area contributed by atoms with Gasteiger partial charge >= 0.3 is 6.03 Å². The summed E-state index contributed by atoms with van der Waals surface area (Å²) in [5.74, 6) is 0.228. The molecule has 2 amide bonds. The summed E-state index contributed by atoms with van der Waals surface area (Å²) in [7, 11) is 0. The van der Waals surface area contributed by atoms with Crippen molar-refractivity contribution < 1.29 is 9.90 Å². The van der Waals surface area contributed by atoms with Crippen LogP contribution in [0.4, 0.5) is 4.79 Å². The first-order chi connectivity index (χ1) is 8.69. The third-order valence-electron chi connectivity index (χ3n) is 3.19. The average molecular weight is 269 g/mol. The lowest BCUT2D eigenvalue weighted by molar-refractivity contribution is 0.198. The number of benzene rings is 1. The van der Waals surface area contributed by atoms with Crippen molar-refractivity contribution in [1.29, 1.82) is 0 Å². The molecule has 2 N–H and O–H groups in total. The summed E-state index contributed by atoms with van der Waals surface area (Å²) in [4.78, 5) is 13.6. The molecule has 1 unspecified atom stereocenters. The molecule has 0 radical (unpaired) electrons. The first-order valence-electron chi connectivity index (χ1n) is 6.07. The molecule has 0 bridgehead atoms. The monoisotopic (exact) mass is 268 g/mol. The van der Waals surface area contributed by atoms with Gasteiger partial charge in [-0.15, -0.1) is 0 Å². The van der Waals surface area contributed by atoms with Crippen LogP contribution in [-0.2, 0) is 6.54 Å². The molecule has 1 aromatic carbocycles. The van der Waals surface area contributed by atoms with Crippen LogP contribution in [0.15, 0.2) is 24.3 Å². The van der Waals surface area contributed by atoms with Gasteiger partial charge in [-0.2, -0.15) is 0 Å². The van der Waals surface area contributed by atoms with E-state index in [1.807, 2.05) is 12.1 Å². The lowest BCUT2D eigenvalue weighted by Gasteiger charge is -2.17. The normalized spacial score (nSPS) is 19.0. The molecule has 1 heterocycles. The van der Waals surface area contributed by atoms with E-state index in [-0.39, 0.29) is 18.6 Å². The maximum atomic E-state index is 11.9. The molecular weight excluding hydrogens is 252 g/mol. The highest BCUT2D eigenvalue weighted by Crippen LogP contribution is 2.15. The van der Waals surface area contributed by atoms with Crippen LogP contribution in [0.1, 0.15) is 12.0 Å². The van der Waals surface area contributed by atoms with Crippen molar-refractivity contribution in [1.82, 2.24) is 10.2 Å². The van der Waals surface area contributed by atoms with Gasteiger partial charge in [-0.25, -0.2) is 4.79 Å². The van der Waals surface area contributed by atoms with Crippen molar-refractivity contribution in [3.8, 4) is 0 Å². The zero-order valence-electron chi connectivity index (χ0n) is 10.1. The first kappa shape index (κ1) is 13.2. The second-order valence-corrected chi connectivity index (χ2v) is 5.00. The van der Waals surface area contributed by atoms with Crippen LogP contribution in [0.2, 0.25) is 5.02 Å². The number of rotatable bonds is 3. The fourth-order valence-electron chi connectivity index (χ4n) is 2.06. The third-order valence-corrected chi connectivity index (χ3v) is 3.44. The van der Waals surface area contributed by atoms with Gasteiger partial charge in [-0.3, -0.25) is 0 Å². The largest absolute Gasteiger partial charge is 0.396 e. The van der Waals surface area contributed by atoms with E-state index < -0.39 is 0 Å². The minimum absolute atomic E-state index is 0.0686. The maximum absolute atomic E-state index is 11.9. The highest BCUT2D eigenvalue weighted by molar-refractivity contribution is 6.30. The molecule has 1 aromatic rings. The van der Waals surface area contributed by atoms with Crippen molar-refractivity contribution in [2.45, 2.75) is 13.0 Å². The highest BCUT2D eigenvalue weighted by Gasteiger charge is 2.25. The van der Waals surface area contributed by atoms with Crippen LogP contribution in [0.5, 0.6) is 0 Å². The van der Waals surface area contributed by atoms with Crippen LogP contribution in [-0.4, -0.2) is 35.7 Å². The summed E-state index contributed by atoms with van der Waals surface area (Å²) in [5, 5.41) is 12.6. The van der Waals surface area contributed by atoms with Crippen LogP contribution < -0.4 is 5.32 Å². The first-order valence-corrected chi connectivity index (χ1v) is 6.45. The second kappa shape index (κ2) is 6.07. The summed E-state index contributed by atoms with van der Waals surface area (Å²) in [5.41, 5.74) is 1.02. The van der Waals surface area contributed by atoms with Gasteiger partial charge in [-0.1, -0.05) is 23.7 Å². The summed E-state index contributed by atoms with van der Waals surface area (Å²) in [6.45, 7) is 2.01. The molecule has 2 rings (SSSR count). The number of hydrogen-bond donors (Lipinski definition) is 2. The molecule has 0 saturated carbocycles. The van der Waals surface area contributed by atoms with Gasteiger partial charge in [0.2, 0.25) is 0 Å². The maximum Gasteiger partial charge on any atom is 0.317 e. The second-order valence-electron chi connectivity index (χ2n) is 4.57. The smallest absolute Gasteiger partial charge is 0.317 e. The predicted molar refractivity (Wildman–Crippen MR) is 70.5 cm³/mol. The minimum Gasteiger partial charge on any atom is -0.396 e. The number of hydrogen-bond acceptors (Lipinski definition) is 2. The Morgan fingerprint density at radius 3 is 2.78 bits per heavy atom. The Morgan fingerprint density at radius 1 is 1.44 bits per heavy atom. The molecule has 5 heteroatoms. The fourth-order valence-corrected chi connectivity index (χ4v) is 2.18. The Balaban J connectivity index is 1.80. The molecule has 1 fully saturated rings. The molecular formula is C13H17ClN2O2. The zero-order chi connectivity index (χ0) is 13.0. The number of carbonyl (C=O) groups excluding carboxylic acids is 1. The number of aliphatic hydroxyl groups is 1. The highest BCUT2D eigenvalue weighted by atomic mass is 35.5. The summed E-state index contributed by atoms with van der Waals surface area (Å²) in [6.07, 6.45) is 0.880. The molecule has 1 saturated heterocycles. The van der Waals surface area contributed by atoms with Crippen molar-refractivity contribution in [2.75, 3.05) is 19.7 Å². The molecule has 0 spiro atoms. The number of halogens is 1. The molecule has 98 valence electrons. The number of amides is 2. The van der Waals surface area contributed by atoms with Crippen LogP contribution >= 0.6 is 11.6 Å². The number of aliphatic hydroxyl groups excluding tert-OH is 1. The van der Waals surface area contributed by atoms with Crippen molar-refractivity contribution in [3.63, 3.8) is 0 Å². The number of nitrogens with zero attached hydrogens (tertiary/aromatic N) is 1. The van der Waals surface area contributed by atoms with Crippen LogP contribution in [0, 0.1) is 5.92 Å². The Labute approximate surface area is 112 Å². The quantitative estimate of drug-likeness (QED) is 0.879. The van der Waals surface area contributed by atoms with Gasteiger partial charge in [0.05, 0.1) is 0 Å². The molecule has 1 aliphatic heterocycles. The van der Waals surface area contributed by atoms with E-state index in [0.29, 0.717) is 18.1 Å². The molecule has 4 nitrogen and oxygen atoms in total. The van der Waals surface area contributed by atoms with E-state index in [4.69, 9.17) is 16.7 Å². The minimum atomic E-state index is -0.0686. The van der Waals surface area contributed by atoms with Gasteiger partial charge < -0.3 is 15.3 Å². The number of nitrogens with one attached hydrogen (secondary N) is 1. The van der Waals surface area contributed by atoms with E-state index in [1.54, 1.807) is 17.0 Å². The molecule has 18 heavy (non-hydrogen) atoms. The lowest BCUT2D eigenvalue weighted by Crippen LogP contribution is -2.38. The lowest BCUT2D eigenvalue weighted by atomic mass is 10.1. The SMILES string of the molecule is O=C(NCc1ccc(Cl)cc1)N1CCC(CO)C1. The Morgan fingerprint density at radius 2 is 2.17 bits per heavy atom. The van der Waals surface area contributed by atoms with Gasteiger partial charge in [0.15, 0.2) is 0 Å². The molecule has 0 aliphatic carbocycles. The number of carbonyl (C=O) groups is 1. The number of likely N-dealkylation sites (tertiary alicyclic amines) is 1. The summed E-state index contributed by atoms with van der Waals surface area (Å²) in [6, 6.07) is 7.33. The third kappa shape index (κ3) is 3.37. The van der Waals surface area contributed by atoms with Gasteiger partial charge in [0.1, 0.15) is 0 Å². The predicted octanol–water partition coefficient (Wildman–Crippen LogP) is 1.86. The number of urea groups is 1. The molecule has 1 atom stereocenters. The fraction of sp³-hybridized carbons (Fsp3) is 0.462. The van der Waals surface area contributed by atoms with Gasteiger partial charge in [-0.05, 0) is 24.1 Å². The standard InChI is InChI=1S/C13H17ClN2O2/c14-12-3-1-10(2-4-12)7-15-13(18)16-6-5-11(8-16)9-17/h1-4,11,17H,5-9H2,(H,15,18). The zero-order valence-corrected chi connectivity index (χ0v) is 10.9. The molecule has 1 aliphatic rings. The van der Waals surface area contributed by atoms with Gasteiger partial charge in [0, 0.05) is 37.2 Å². The van der Waals surface area contributed by atoms with E-state index in [2.05, 4.69) is 5.32 Å². The summed E-state index contributed by atoms with van der Waals surface area (Å²) < 4.78 is 0. The van der Waals surface area contributed by atoms with E-state index in [0.717, 1.165) is 18.5 Å².